The average Bonchev–Trinajstić information content (AvgIpc) is 3.00. The van der Waals surface area contributed by atoms with Crippen molar-refractivity contribution < 1.29 is 4.79 Å². The van der Waals surface area contributed by atoms with Gasteiger partial charge in [-0.3, -0.25) is 9.89 Å². The number of carbonyl (C=O) groups is 1. The molecule has 0 unspecified atom stereocenters. The lowest BCUT2D eigenvalue weighted by atomic mass is 10.1. The highest BCUT2D eigenvalue weighted by molar-refractivity contribution is 6.05. The molecular formula is C19H21N3O. The van der Waals surface area contributed by atoms with Crippen LogP contribution >= 0.6 is 0 Å². The SMILES string of the molecule is CC(C)Cc1cc(C(=O)N(C)c2ccc3ccccc3c2)n[nH]1. The largest absolute Gasteiger partial charge is 0.310 e. The first-order valence-corrected chi connectivity index (χ1v) is 7.86. The molecule has 0 saturated heterocycles. The van der Waals surface area contributed by atoms with Gasteiger partial charge in [0.15, 0.2) is 5.69 Å². The predicted octanol–water partition coefficient (Wildman–Crippen LogP) is 4.04. The number of carbonyl (C=O) groups excluding carboxylic acids is 1. The summed E-state index contributed by atoms with van der Waals surface area (Å²) >= 11 is 0. The maximum atomic E-state index is 12.6. The van der Waals surface area contributed by atoms with E-state index in [4.69, 9.17) is 0 Å². The van der Waals surface area contributed by atoms with Crippen LogP contribution in [0, 0.1) is 5.92 Å². The van der Waals surface area contributed by atoms with Crippen LogP contribution in [-0.2, 0) is 6.42 Å². The molecule has 0 radical (unpaired) electrons. The third-order valence-corrected chi connectivity index (χ3v) is 3.90. The van der Waals surface area contributed by atoms with Gasteiger partial charge in [0, 0.05) is 18.4 Å². The molecule has 0 saturated carbocycles. The van der Waals surface area contributed by atoms with Gasteiger partial charge >= 0.3 is 0 Å². The zero-order valence-corrected chi connectivity index (χ0v) is 13.7. The summed E-state index contributed by atoms with van der Waals surface area (Å²) in [7, 11) is 1.78. The van der Waals surface area contributed by atoms with E-state index in [0.717, 1.165) is 28.6 Å². The van der Waals surface area contributed by atoms with Crippen LogP contribution in [0.3, 0.4) is 0 Å². The molecule has 0 aliphatic rings. The zero-order chi connectivity index (χ0) is 16.4. The number of amides is 1. The fourth-order valence-corrected chi connectivity index (χ4v) is 2.69. The van der Waals surface area contributed by atoms with Crippen LogP contribution in [0.4, 0.5) is 5.69 Å². The summed E-state index contributed by atoms with van der Waals surface area (Å²) in [5.74, 6) is 0.420. The van der Waals surface area contributed by atoms with Gasteiger partial charge in [-0.05, 0) is 41.3 Å². The standard InChI is InChI=1S/C19H21N3O/c1-13(2)10-16-12-18(21-20-16)19(23)22(3)17-9-8-14-6-4-5-7-15(14)11-17/h4-9,11-13H,10H2,1-3H3,(H,20,21). The summed E-state index contributed by atoms with van der Waals surface area (Å²) in [5, 5.41) is 9.40. The van der Waals surface area contributed by atoms with Gasteiger partial charge in [0.25, 0.3) is 5.91 Å². The van der Waals surface area contributed by atoms with Gasteiger partial charge < -0.3 is 4.90 Å². The van der Waals surface area contributed by atoms with Crippen LogP contribution in [0.2, 0.25) is 0 Å². The Balaban J connectivity index is 1.84. The molecule has 0 aliphatic heterocycles. The molecule has 1 heterocycles. The second-order valence-corrected chi connectivity index (χ2v) is 6.27. The van der Waals surface area contributed by atoms with E-state index in [9.17, 15) is 4.79 Å². The number of H-pyrrole nitrogens is 1. The van der Waals surface area contributed by atoms with E-state index in [0.29, 0.717) is 11.6 Å². The van der Waals surface area contributed by atoms with Gasteiger partial charge in [-0.2, -0.15) is 5.10 Å². The topological polar surface area (TPSA) is 49.0 Å². The Hall–Kier alpha value is -2.62. The van der Waals surface area contributed by atoms with Gasteiger partial charge in [0.2, 0.25) is 0 Å². The molecule has 2 aromatic carbocycles. The highest BCUT2D eigenvalue weighted by atomic mass is 16.2. The first kappa shape index (κ1) is 15.3. The Morgan fingerprint density at radius 2 is 1.87 bits per heavy atom. The number of benzene rings is 2. The monoisotopic (exact) mass is 307 g/mol. The normalized spacial score (nSPS) is 11.1. The summed E-state index contributed by atoms with van der Waals surface area (Å²) in [5.41, 5.74) is 2.31. The molecule has 4 heteroatoms. The lowest BCUT2D eigenvalue weighted by Crippen LogP contribution is -2.26. The van der Waals surface area contributed by atoms with Crippen LogP contribution in [-0.4, -0.2) is 23.2 Å². The summed E-state index contributed by atoms with van der Waals surface area (Å²) in [6.45, 7) is 4.28. The Morgan fingerprint density at radius 1 is 1.13 bits per heavy atom. The van der Waals surface area contributed by atoms with Crippen molar-refractivity contribution in [1.29, 1.82) is 0 Å². The second-order valence-electron chi connectivity index (χ2n) is 6.27. The fraction of sp³-hybridized carbons (Fsp3) is 0.263. The summed E-state index contributed by atoms with van der Waals surface area (Å²) in [4.78, 5) is 14.3. The lowest BCUT2D eigenvalue weighted by Gasteiger charge is -2.16. The van der Waals surface area contributed by atoms with Crippen molar-refractivity contribution in [3.63, 3.8) is 0 Å². The second kappa shape index (κ2) is 6.24. The number of hydrogen-bond donors (Lipinski definition) is 1. The predicted molar refractivity (Wildman–Crippen MR) is 93.8 cm³/mol. The Morgan fingerprint density at radius 3 is 2.61 bits per heavy atom. The highest BCUT2D eigenvalue weighted by Gasteiger charge is 2.17. The van der Waals surface area contributed by atoms with E-state index < -0.39 is 0 Å². The number of nitrogens with one attached hydrogen (secondary N) is 1. The Bertz CT molecular complexity index is 835. The molecule has 0 aliphatic carbocycles. The van der Waals surface area contributed by atoms with Crippen LogP contribution in [0.5, 0.6) is 0 Å². The minimum Gasteiger partial charge on any atom is -0.310 e. The van der Waals surface area contributed by atoms with E-state index in [1.54, 1.807) is 11.9 Å². The van der Waals surface area contributed by atoms with Crippen molar-refractivity contribution in [2.75, 3.05) is 11.9 Å². The van der Waals surface area contributed by atoms with Crippen molar-refractivity contribution in [3.8, 4) is 0 Å². The molecule has 1 N–H and O–H groups in total. The van der Waals surface area contributed by atoms with Gasteiger partial charge in [-0.15, -0.1) is 0 Å². The van der Waals surface area contributed by atoms with E-state index in [1.165, 1.54) is 0 Å². The minimum atomic E-state index is -0.105. The maximum absolute atomic E-state index is 12.6. The van der Waals surface area contributed by atoms with E-state index >= 15 is 0 Å². The third-order valence-electron chi connectivity index (χ3n) is 3.90. The molecule has 118 valence electrons. The Labute approximate surface area is 136 Å². The average molecular weight is 307 g/mol. The molecule has 1 aromatic heterocycles. The first-order chi connectivity index (χ1) is 11.0. The van der Waals surface area contributed by atoms with E-state index in [2.05, 4.69) is 30.1 Å². The number of anilines is 1. The Kier molecular flexibility index (Phi) is 4.15. The van der Waals surface area contributed by atoms with Gasteiger partial charge in [-0.25, -0.2) is 0 Å². The van der Waals surface area contributed by atoms with Gasteiger partial charge in [0.05, 0.1) is 0 Å². The molecule has 0 fully saturated rings. The summed E-state index contributed by atoms with van der Waals surface area (Å²) in [6, 6.07) is 16.0. The molecule has 1 amide bonds. The molecule has 0 atom stereocenters. The molecule has 3 rings (SSSR count). The summed E-state index contributed by atoms with van der Waals surface area (Å²) < 4.78 is 0. The first-order valence-electron chi connectivity index (χ1n) is 7.86. The van der Waals surface area contributed by atoms with Crippen LogP contribution in [0.1, 0.15) is 30.0 Å². The smallest absolute Gasteiger partial charge is 0.278 e. The van der Waals surface area contributed by atoms with Gasteiger partial charge in [0.1, 0.15) is 0 Å². The number of aromatic nitrogens is 2. The number of fused-ring (bicyclic) bond motifs is 1. The van der Waals surface area contributed by atoms with Crippen molar-refractivity contribution in [1.82, 2.24) is 10.2 Å². The number of nitrogens with zero attached hydrogens (tertiary/aromatic N) is 2. The molecule has 3 aromatic rings. The van der Waals surface area contributed by atoms with Crippen molar-refractivity contribution in [2.24, 2.45) is 5.92 Å². The van der Waals surface area contributed by atoms with Crippen LogP contribution < -0.4 is 4.90 Å². The van der Waals surface area contributed by atoms with Crippen molar-refractivity contribution in [2.45, 2.75) is 20.3 Å². The number of hydrogen-bond acceptors (Lipinski definition) is 2. The molecule has 4 nitrogen and oxygen atoms in total. The third kappa shape index (κ3) is 3.26. The number of rotatable bonds is 4. The zero-order valence-electron chi connectivity index (χ0n) is 13.7. The molecule has 0 spiro atoms. The minimum absolute atomic E-state index is 0.105. The molecular weight excluding hydrogens is 286 g/mol. The van der Waals surface area contributed by atoms with E-state index in [-0.39, 0.29) is 5.91 Å². The highest BCUT2D eigenvalue weighted by Crippen LogP contribution is 2.22. The fourth-order valence-electron chi connectivity index (χ4n) is 2.69. The quantitative estimate of drug-likeness (QED) is 0.791. The lowest BCUT2D eigenvalue weighted by molar-refractivity contribution is 0.0988. The molecule has 0 bridgehead atoms. The molecule has 23 heavy (non-hydrogen) atoms. The van der Waals surface area contributed by atoms with Crippen molar-refractivity contribution in [3.05, 3.63) is 59.9 Å². The van der Waals surface area contributed by atoms with E-state index in [1.807, 2.05) is 42.5 Å². The van der Waals surface area contributed by atoms with Crippen LogP contribution in [0.15, 0.2) is 48.5 Å². The van der Waals surface area contributed by atoms with Crippen molar-refractivity contribution >= 4 is 22.4 Å². The maximum Gasteiger partial charge on any atom is 0.278 e. The van der Waals surface area contributed by atoms with Crippen LogP contribution in [0.25, 0.3) is 10.8 Å². The number of aromatic amines is 1. The summed E-state index contributed by atoms with van der Waals surface area (Å²) in [6.07, 6.45) is 0.889. The van der Waals surface area contributed by atoms with Gasteiger partial charge in [-0.1, -0.05) is 44.2 Å².